The lowest BCUT2D eigenvalue weighted by Gasteiger charge is -2.35. The number of amides is 1. The van der Waals surface area contributed by atoms with Crippen LogP contribution in [0.5, 0.6) is 0 Å². The average molecular weight is 349 g/mol. The van der Waals surface area contributed by atoms with Crippen molar-refractivity contribution in [3.63, 3.8) is 0 Å². The number of nitrogens with zero attached hydrogens (tertiary/aromatic N) is 3. The van der Waals surface area contributed by atoms with Crippen LogP contribution in [0.15, 0.2) is 53.1 Å². The summed E-state index contributed by atoms with van der Waals surface area (Å²) in [7, 11) is 4.21. The fourth-order valence-corrected chi connectivity index (χ4v) is 3.64. The third kappa shape index (κ3) is 3.10. The van der Waals surface area contributed by atoms with Gasteiger partial charge in [-0.05, 0) is 45.1 Å². The SMILES string of the molecule is CN(C)C1CCN(C(=O)c2ccc3noc(-c4ccccc4)c3c2)CC1. The molecule has 1 aromatic heterocycles. The fraction of sp³-hybridized carbons (Fsp3) is 0.333. The van der Waals surface area contributed by atoms with Crippen molar-refractivity contribution in [1.29, 1.82) is 0 Å². The van der Waals surface area contributed by atoms with Crippen molar-refractivity contribution in [3.8, 4) is 11.3 Å². The molecule has 0 saturated carbocycles. The first-order valence-corrected chi connectivity index (χ1v) is 9.04. The maximum absolute atomic E-state index is 13.0. The smallest absolute Gasteiger partial charge is 0.253 e. The molecule has 0 atom stereocenters. The molecule has 2 aromatic carbocycles. The first-order chi connectivity index (χ1) is 12.6. The van der Waals surface area contributed by atoms with E-state index in [0.29, 0.717) is 17.4 Å². The van der Waals surface area contributed by atoms with Gasteiger partial charge in [-0.25, -0.2) is 0 Å². The van der Waals surface area contributed by atoms with Crippen LogP contribution < -0.4 is 0 Å². The number of benzene rings is 2. The van der Waals surface area contributed by atoms with Gasteiger partial charge in [-0.3, -0.25) is 4.79 Å². The fourth-order valence-electron chi connectivity index (χ4n) is 3.64. The Hall–Kier alpha value is -2.66. The number of fused-ring (bicyclic) bond motifs is 1. The van der Waals surface area contributed by atoms with E-state index in [9.17, 15) is 4.79 Å². The second-order valence-corrected chi connectivity index (χ2v) is 7.10. The standard InChI is InChI=1S/C21H23N3O2/c1-23(2)17-10-12-24(13-11-17)21(25)16-8-9-19-18(14-16)20(26-22-19)15-6-4-3-5-7-15/h3-9,14,17H,10-13H2,1-2H3. The predicted molar refractivity (Wildman–Crippen MR) is 102 cm³/mol. The van der Waals surface area contributed by atoms with E-state index in [0.717, 1.165) is 42.4 Å². The molecule has 1 saturated heterocycles. The molecular formula is C21H23N3O2. The van der Waals surface area contributed by atoms with E-state index >= 15 is 0 Å². The normalized spacial score (nSPS) is 15.7. The first kappa shape index (κ1) is 16.8. The van der Waals surface area contributed by atoms with E-state index in [-0.39, 0.29) is 5.91 Å². The summed E-state index contributed by atoms with van der Waals surface area (Å²) in [6, 6.07) is 16.1. The maximum atomic E-state index is 13.0. The van der Waals surface area contributed by atoms with Gasteiger partial charge in [0.05, 0.1) is 5.39 Å². The van der Waals surface area contributed by atoms with Crippen molar-refractivity contribution < 1.29 is 9.32 Å². The molecule has 26 heavy (non-hydrogen) atoms. The van der Waals surface area contributed by atoms with Crippen LogP contribution in [0.3, 0.4) is 0 Å². The summed E-state index contributed by atoms with van der Waals surface area (Å²) in [4.78, 5) is 17.2. The molecule has 0 spiro atoms. The van der Waals surface area contributed by atoms with E-state index in [1.807, 2.05) is 53.4 Å². The number of carbonyl (C=O) groups is 1. The monoisotopic (exact) mass is 349 g/mol. The summed E-state index contributed by atoms with van der Waals surface area (Å²) in [6.07, 6.45) is 2.03. The van der Waals surface area contributed by atoms with Gasteiger partial charge in [-0.15, -0.1) is 0 Å². The average Bonchev–Trinajstić information content (AvgIpc) is 3.11. The number of hydrogen-bond acceptors (Lipinski definition) is 4. The molecule has 0 bridgehead atoms. The zero-order valence-corrected chi connectivity index (χ0v) is 15.2. The van der Waals surface area contributed by atoms with Crippen molar-refractivity contribution >= 4 is 16.8 Å². The number of rotatable bonds is 3. The zero-order chi connectivity index (χ0) is 18.1. The number of piperidine rings is 1. The zero-order valence-electron chi connectivity index (χ0n) is 15.2. The summed E-state index contributed by atoms with van der Waals surface area (Å²) < 4.78 is 5.54. The number of carbonyl (C=O) groups excluding carboxylic acids is 1. The minimum atomic E-state index is 0.0873. The van der Waals surface area contributed by atoms with Gasteiger partial charge in [0.1, 0.15) is 5.52 Å². The highest BCUT2D eigenvalue weighted by atomic mass is 16.5. The first-order valence-electron chi connectivity index (χ1n) is 9.04. The number of likely N-dealkylation sites (tertiary alicyclic amines) is 1. The number of hydrogen-bond donors (Lipinski definition) is 0. The lowest BCUT2D eigenvalue weighted by atomic mass is 10.0. The highest BCUT2D eigenvalue weighted by molar-refractivity contribution is 6.01. The Labute approximate surface area is 153 Å². The Morgan fingerprint density at radius 1 is 1.12 bits per heavy atom. The van der Waals surface area contributed by atoms with Crippen LogP contribution >= 0.6 is 0 Å². The quantitative estimate of drug-likeness (QED) is 0.724. The molecule has 1 aliphatic rings. The molecule has 1 fully saturated rings. The third-order valence-corrected chi connectivity index (χ3v) is 5.24. The van der Waals surface area contributed by atoms with Crippen LogP contribution in [0.1, 0.15) is 23.2 Å². The minimum absolute atomic E-state index is 0.0873. The van der Waals surface area contributed by atoms with Gasteiger partial charge < -0.3 is 14.3 Å². The van der Waals surface area contributed by atoms with E-state index < -0.39 is 0 Å². The van der Waals surface area contributed by atoms with Crippen LogP contribution in [0.25, 0.3) is 22.2 Å². The summed E-state index contributed by atoms with van der Waals surface area (Å²) in [5, 5.41) is 5.01. The molecule has 3 aromatic rings. The Kier molecular flexibility index (Phi) is 4.47. The van der Waals surface area contributed by atoms with Gasteiger partial charge in [-0.2, -0.15) is 0 Å². The minimum Gasteiger partial charge on any atom is -0.355 e. The summed E-state index contributed by atoms with van der Waals surface area (Å²) in [5.74, 6) is 0.797. The van der Waals surface area contributed by atoms with Crippen molar-refractivity contribution in [2.75, 3.05) is 27.2 Å². The molecular weight excluding hydrogens is 326 g/mol. The molecule has 5 nitrogen and oxygen atoms in total. The summed E-state index contributed by atoms with van der Waals surface area (Å²) in [5.41, 5.74) is 2.43. The molecule has 5 heteroatoms. The molecule has 134 valence electrons. The number of aromatic nitrogens is 1. The van der Waals surface area contributed by atoms with Crippen LogP contribution in [-0.2, 0) is 0 Å². The Balaban J connectivity index is 1.60. The van der Waals surface area contributed by atoms with Crippen molar-refractivity contribution in [1.82, 2.24) is 15.0 Å². The molecule has 4 rings (SSSR count). The van der Waals surface area contributed by atoms with Crippen molar-refractivity contribution in [3.05, 3.63) is 54.1 Å². The third-order valence-electron chi connectivity index (χ3n) is 5.24. The van der Waals surface area contributed by atoms with Gasteiger partial charge >= 0.3 is 0 Å². The lowest BCUT2D eigenvalue weighted by Crippen LogP contribution is -2.44. The van der Waals surface area contributed by atoms with Gasteiger partial charge in [0, 0.05) is 30.3 Å². The van der Waals surface area contributed by atoms with Crippen LogP contribution in [-0.4, -0.2) is 54.1 Å². The lowest BCUT2D eigenvalue weighted by molar-refractivity contribution is 0.0663. The van der Waals surface area contributed by atoms with Gasteiger partial charge in [0.2, 0.25) is 0 Å². The Morgan fingerprint density at radius 3 is 2.54 bits per heavy atom. The second kappa shape index (κ2) is 6.92. The van der Waals surface area contributed by atoms with E-state index in [1.165, 1.54) is 0 Å². The predicted octanol–water partition coefficient (Wildman–Crippen LogP) is 3.66. The highest BCUT2D eigenvalue weighted by Gasteiger charge is 2.25. The van der Waals surface area contributed by atoms with E-state index in [2.05, 4.69) is 24.2 Å². The molecule has 0 unspecified atom stereocenters. The van der Waals surface area contributed by atoms with E-state index in [1.54, 1.807) is 0 Å². The molecule has 1 amide bonds. The van der Waals surface area contributed by atoms with Gasteiger partial charge in [0.15, 0.2) is 5.76 Å². The topological polar surface area (TPSA) is 49.6 Å². The summed E-state index contributed by atoms with van der Waals surface area (Å²) >= 11 is 0. The Morgan fingerprint density at radius 2 is 1.85 bits per heavy atom. The maximum Gasteiger partial charge on any atom is 0.253 e. The van der Waals surface area contributed by atoms with Crippen molar-refractivity contribution in [2.45, 2.75) is 18.9 Å². The molecule has 0 N–H and O–H groups in total. The second-order valence-electron chi connectivity index (χ2n) is 7.10. The molecule has 0 radical (unpaired) electrons. The van der Waals surface area contributed by atoms with Gasteiger partial charge in [0.25, 0.3) is 5.91 Å². The molecule has 1 aliphatic heterocycles. The van der Waals surface area contributed by atoms with Crippen LogP contribution in [0.2, 0.25) is 0 Å². The van der Waals surface area contributed by atoms with Gasteiger partial charge in [-0.1, -0.05) is 35.5 Å². The summed E-state index contributed by atoms with van der Waals surface area (Å²) in [6.45, 7) is 1.60. The molecule has 2 heterocycles. The van der Waals surface area contributed by atoms with Crippen LogP contribution in [0.4, 0.5) is 0 Å². The Bertz CT molecular complexity index is 909. The van der Waals surface area contributed by atoms with Crippen LogP contribution in [0, 0.1) is 0 Å². The largest absolute Gasteiger partial charge is 0.355 e. The highest BCUT2D eigenvalue weighted by Crippen LogP contribution is 2.29. The van der Waals surface area contributed by atoms with Crippen molar-refractivity contribution in [2.24, 2.45) is 0 Å². The molecule has 0 aliphatic carbocycles. The van der Waals surface area contributed by atoms with E-state index in [4.69, 9.17) is 4.52 Å².